The molecule has 0 spiro atoms. The van der Waals surface area contributed by atoms with Crippen LogP contribution in [-0.4, -0.2) is 28.9 Å². The van der Waals surface area contributed by atoms with Crippen molar-refractivity contribution in [1.82, 2.24) is 15.2 Å². The van der Waals surface area contributed by atoms with Gasteiger partial charge in [-0.3, -0.25) is 14.5 Å². The number of pyridine rings is 1. The number of hydrogen-bond donors (Lipinski definition) is 2. The lowest BCUT2D eigenvalue weighted by atomic mass is 10.1. The first-order valence-electron chi connectivity index (χ1n) is 7.93. The lowest BCUT2D eigenvalue weighted by Gasteiger charge is -2.16. The summed E-state index contributed by atoms with van der Waals surface area (Å²) in [5.74, 6) is 0.0828. The second kappa shape index (κ2) is 7.24. The van der Waals surface area contributed by atoms with Gasteiger partial charge in [-0.25, -0.2) is 0 Å². The predicted octanol–water partition coefficient (Wildman–Crippen LogP) is 1.51. The van der Waals surface area contributed by atoms with E-state index in [0.717, 1.165) is 31.7 Å². The molecule has 2 N–H and O–H groups in total. The number of likely N-dealkylation sites (tertiary alicyclic amines) is 1. The first-order chi connectivity index (χ1) is 11.2. The van der Waals surface area contributed by atoms with Crippen LogP contribution in [0.15, 0.2) is 53.3 Å². The SMILES string of the molecule is O=C(NCc1cccc(=O)[nH]1)C1CCN(Cc2ccccc2)C1. The molecule has 1 amide bonds. The Bertz CT molecular complexity index is 711. The molecule has 1 aromatic heterocycles. The van der Waals surface area contributed by atoms with E-state index in [1.54, 1.807) is 12.1 Å². The van der Waals surface area contributed by atoms with Gasteiger partial charge in [0.25, 0.3) is 0 Å². The molecule has 1 unspecified atom stereocenters. The number of aromatic amines is 1. The first-order valence-corrected chi connectivity index (χ1v) is 7.93. The van der Waals surface area contributed by atoms with Gasteiger partial charge in [0.05, 0.1) is 12.5 Å². The van der Waals surface area contributed by atoms with Crippen molar-refractivity contribution >= 4 is 5.91 Å². The summed E-state index contributed by atoms with van der Waals surface area (Å²) in [6.07, 6.45) is 0.879. The monoisotopic (exact) mass is 311 g/mol. The molecule has 1 aromatic carbocycles. The van der Waals surface area contributed by atoms with E-state index in [1.165, 1.54) is 11.6 Å². The van der Waals surface area contributed by atoms with Gasteiger partial charge in [-0.05, 0) is 24.6 Å². The number of benzene rings is 1. The summed E-state index contributed by atoms with van der Waals surface area (Å²) in [6.45, 7) is 2.97. The second-order valence-corrected chi connectivity index (χ2v) is 5.96. The lowest BCUT2D eigenvalue weighted by molar-refractivity contribution is -0.124. The number of H-pyrrole nitrogens is 1. The van der Waals surface area contributed by atoms with Crippen molar-refractivity contribution in [3.05, 3.63) is 70.1 Å². The first kappa shape index (κ1) is 15.5. The maximum absolute atomic E-state index is 12.3. The van der Waals surface area contributed by atoms with E-state index in [0.29, 0.717) is 6.54 Å². The maximum Gasteiger partial charge on any atom is 0.248 e. The predicted molar refractivity (Wildman–Crippen MR) is 88.7 cm³/mol. The van der Waals surface area contributed by atoms with Crippen molar-refractivity contribution in [2.75, 3.05) is 13.1 Å². The molecule has 3 rings (SSSR count). The van der Waals surface area contributed by atoms with Gasteiger partial charge in [0.15, 0.2) is 0 Å². The summed E-state index contributed by atoms with van der Waals surface area (Å²) in [5.41, 5.74) is 1.85. The summed E-state index contributed by atoms with van der Waals surface area (Å²) in [6, 6.07) is 15.3. The molecular formula is C18H21N3O2. The zero-order valence-corrected chi connectivity index (χ0v) is 13.0. The smallest absolute Gasteiger partial charge is 0.248 e. The van der Waals surface area contributed by atoms with Crippen LogP contribution < -0.4 is 10.9 Å². The third-order valence-electron chi connectivity index (χ3n) is 4.17. The van der Waals surface area contributed by atoms with Crippen LogP contribution in [0.1, 0.15) is 17.7 Å². The standard InChI is InChI=1S/C18H21N3O2/c22-17-8-4-7-16(20-17)11-19-18(23)15-9-10-21(13-15)12-14-5-2-1-3-6-14/h1-8,15H,9-13H2,(H,19,23)(H,20,22). The van der Waals surface area contributed by atoms with Gasteiger partial charge < -0.3 is 10.3 Å². The largest absolute Gasteiger partial charge is 0.350 e. The molecule has 1 aliphatic rings. The number of carbonyl (C=O) groups is 1. The van der Waals surface area contributed by atoms with Crippen molar-refractivity contribution < 1.29 is 4.79 Å². The van der Waals surface area contributed by atoms with Gasteiger partial charge in [-0.2, -0.15) is 0 Å². The fourth-order valence-corrected chi connectivity index (χ4v) is 2.95. The Balaban J connectivity index is 1.48. The van der Waals surface area contributed by atoms with Crippen molar-refractivity contribution in [2.24, 2.45) is 5.92 Å². The third-order valence-corrected chi connectivity index (χ3v) is 4.17. The van der Waals surface area contributed by atoms with E-state index in [4.69, 9.17) is 0 Å². The molecule has 5 nitrogen and oxygen atoms in total. The molecular weight excluding hydrogens is 290 g/mol. The Morgan fingerprint density at radius 3 is 2.78 bits per heavy atom. The summed E-state index contributed by atoms with van der Waals surface area (Å²) in [7, 11) is 0. The number of carbonyl (C=O) groups excluding carboxylic acids is 1. The van der Waals surface area contributed by atoms with Crippen LogP contribution in [0, 0.1) is 5.92 Å². The van der Waals surface area contributed by atoms with E-state index >= 15 is 0 Å². The van der Waals surface area contributed by atoms with Crippen LogP contribution in [-0.2, 0) is 17.9 Å². The summed E-state index contributed by atoms with van der Waals surface area (Å²) in [5, 5.41) is 2.92. The molecule has 0 bridgehead atoms. The zero-order valence-electron chi connectivity index (χ0n) is 13.0. The molecule has 0 radical (unpaired) electrons. The molecule has 2 aromatic rings. The fraction of sp³-hybridized carbons (Fsp3) is 0.333. The minimum absolute atomic E-state index is 0.0224. The average Bonchev–Trinajstić information content (AvgIpc) is 3.02. The van der Waals surface area contributed by atoms with Gasteiger partial charge in [0, 0.05) is 24.8 Å². The van der Waals surface area contributed by atoms with Crippen LogP contribution >= 0.6 is 0 Å². The van der Waals surface area contributed by atoms with Crippen molar-refractivity contribution in [3.8, 4) is 0 Å². The van der Waals surface area contributed by atoms with Gasteiger partial charge in [0.1, 0.15) is 0 Å². The lowest BCUT2D eigenvalue weighted by Crippen LogP contribution is -2.32. The molecule has 23 heavy (non-hydrogen) atoms. The summed E-state index contributed by atoms with van der Waals surface area (Å²) < 4.78 is 0. The fourth-order valence-electron chi connectivity index (χ4n) is 2.95. The number of rotatable bonds is 5. The Morgan fingerprint density at radius 1 is 1.17 bits per heavy atom. The van der Waals surface area contributed by atoms with E-state index in [-0.39, 0.29) is 17.4 Å². The molecule has 2 heterocycles. The Kier molecular flexibility index (Phi) is 4.88. The van der Waals surface area contributed by atoms with Gasteiger partial charge in [0.2, 0.25) is 11.5 Å². The Morgan fingerprint density at radius 2 is 2.00 bits per heavy atom. The highest BCUT2D eigenvalue weighted by Crippen LogP contribution is 2.18. The van der Waals surface area contributed by atoms with E-state index in [2.05, 4.69) is 27.3 Å². The van der Waals surface area contributed by atoms with Crippen molar-refractivity contribution in [3.63, 3.8) is 0 Å². The van der Waals surface area contributed by atoms with Crippen LogP contribution in [0.2, 0.25) is 0 Å². The van der Waals surface area contributed by atoms with Crippen LogP contribution in [0.5, 0.6) is 0 Å². The highest BCUT2D eigenvalue weighted by molar-refractivity contribution is 5.79. The average molecular weight is 311 g/mol. The summed E-state index contributed by atoms with van der Waals surface area (Å²) >= 11 is 0. The number of nitrogens with zero attached hydrogens (tertiary/aromatic N) is 1. The van der Waals surface area contributed by atoms with Gasteiger partial charge in [-0.1, -0.05) is 36.4 Å². The molecule has 0 aliphatic carbocycles. The molecule has 1 aliphatic heterocycles. The molecule has 1 fully saturated rings. The quantitative estimate of drug-likeness (QED) is 0.880. The minimum atomic E-state index is -0.147. The number of amides is 1. The summed E-state index contributed by atoms with van der Waals surface area (Å²) in [4.78, 5) is 28.5. The maximum atomic E-state index is 12.3. The number of hydrogen-bond acceptors (Lipinski definition) is 3. The van der Waals surface area contributed by atoms with Crippen molar-refractivity contribution in [1.29, 1.82) is 0 Å². The molecule has 120 valence electrons. The minimum Gasteiger partial charge on any atom is -0.350 e. The van der Waals surface area contributed by atoms with Crippen LogP contribution in [0.3, 0.4) is 0 Å². The van der Waals surface area contributed by atoms with Crippen LogP contribution in [0.25, 0.3) is 0 Å². The third kappa shape index (κ3) is 4.29. The highest BCUT2D eigenvalue weighted by Gasteiger charge is 2.27. The molecule has 5 heteroatoms. The van der Waals surface area contributed by atoms with Crippen LogP contribution in [0.4, 0.5) is 0 Å². The Hall–Kier alpha value is -2.40. The van der Waals surface area contributed by atoms with E-state index in [9.17, 15) is 9.59 Å². The van der Waals surface area contributed by atoms with E-state index < -0.39 is 0 Å². The highest BCUT2D eigenvalue weighted by atomic mass is 16.2. The van der Waals surface area contributed by atoms with E-state index in [1.807, 2.05) is 18.2 Å². The molecule has 1 atom stereocenters. The normalized spacial score (nSPS) is 18.0. The van der Waals surface area contributed by atoms with Gasteiger partial charge >= 0.3 is 0 Å². The number of aromatic nitrogens is 1. The topological polar surface area (TPSA) is 65.2 Å². The molecule has 1 saturated heterocycles. The second-order valence-electron chi connectivity index (χ2n) is 5.96. The number of nitrogens with one attached hydrogen (secondary N) is 2. The Labute approximate surface area is 135 Å². The zero-order chi connectivity index (χ0) is 16.1. The molecule has 0 saturated carbocycles. The van der Waals surface area contributed by atoms with Gasteiger partial charge in [-0.15, -0.1) is 0 Å². The van der Waals surface area contributed by atoms with Crippen molar-refractivity contribution in [2.45, 2.75) is 19.5 Å².